The van der Waals surface area contributed by atoms with Gasteiger partial charge in [0.05, 0.1) is 12.2 Å². The molecule has 1 rings (SSSR count). The summed E-state index contributed by atoms with van der Waals surface area (Å²) in [6.07, 6.45) is 4.78. The molecule has 0 spiro atoms. The number of carbonyl (C=O) groups is 2. The maximum atomic E-state index is 12.1. The zero-order chi connectivity index (χ0) is 16.2. The molecule has 0 radical (unpaired) electrons. The van der Waals surface area contributed by atoms with Crippen LogP contribution in [0.2, 0.25) is 0 Å². The van der Waals surface area contributed by atoms with Crippen LogP contribution in [0.15, 0.2) is 24.3 Å². The molecule has 122 valence electrons. The van der Waals surface area contributed by atoms with E-state index in [0.717, 1.165) is 32.1 Å². The summed E-state index contributed by atoms with van der Waals surface area (Å²) in [5.41, 5.74) is 0.561. The van der Waals surface area contributed by atoms with Gasteiger partial charge in [-0.25, -0.2) is 0 Å². The number of unbranched alkanes of at least 4 members (excludes halogenated alkanes) is 4. The van der Waals surface area contributed by atoms with E-state index < -0.39 is 5.97 Å². The first-order valence-corrected chi connectivity index (χ1v) is 7.87. The highest BCUT2D eigenvalue weighted by Gasteiger charge is 2.10. The Bertz CT molecular complexity index is 473. The van der Waals surface area contributed by atoms with Crippen molar-refractivity contribution in [2.75, 3.05) is 13.2 Å². The maximum absolute atomic E-state index is 12.1. The molecule has 0 unspecified atom stereocenters. The van der Waals surface area contributed by atoms with Gasteiger partial charge in [-0.1, -0.05) is 31.4 Å². The second kappa shape index (κ2) is 10.7. The van der Waals surface area contributed by atoms with Crippen LogP contribution in [0.1, 0.15) is 55.8 Å². The van der Waals surface area contributed by atoms with Crippen LogP contribution in [-0.4, -0.2) is 30.1 Å². The molecule has 5 nitrogen and oxygen atoms in total. The fraction of sp³-hybridized carbons (Fsp3) is 0.529. The molecule has 0 heterocycles. The van der Waals surface area contributed by atoms with Crippen molar-refractivity contribution in [1.29, 1.82) is 0 Å². The number of nitrogens with one attached hydrogen (secondary N) is 1. The Balaban J connectivity index is 2.20. The van der Waals surface area contributed by atoms with E-state index in [9.17, 15) is 9.59 Å². The lowest BCUT2D eigenvalue weighted by Crippen LogP contribution is -2.25. The average molecular weight is 307 g/mol. The van der Waals surface area contributed by atoms with Crippen LogP contribution in [0.4, 0.5) is 0 Å². The zero-order valence-corrected chi connectivity index (χ0v) is 13.1. The molecule has 1 aromatic carbocycles. The Morgan fingerprint density at radius 2 is 1.77 bits per heavy atom. The van der Waals surface area contributed by atoms with Gasteiger partial charge >= 0.3 is 5.97 Å². The second-order valence-corrected chi connectivity index (χ2v) is 5.10. The summed E-state index contributed by atoms with van der Waals surface area (Å²) in [5, 5.41) is 11.4. The summed E-state index contributed by atoms with van der Waals surface area (Å²) in [4.78, 5) is 22.5. The summed E-state index contributed by atoms with van der Waals surface area (Å²) >= 11 is 0. The number of hydrogen-bond acceptors (Lipinski definition) is 3. The summed E-state index contributed by atoms with van der Waals surface area (Å²) in [5.74, 6) is -0.244. The van der Waals surface area contributed by atoms with Gasteiger partial charge in [0.25, 0.3) is 5.91 Å². The predicted octanol–water partition coefficient (Wildman–Crippen LogP) is 3.24. The minimum absolute atomic E-state index is 0.116. The molecule has 5 heteroatoms. The maximum Gasteiger partial charge on any atom is 0.303 e. The number of benzene rings is 1. The normalized spacial score (nSPS) is 10.2. The molecular weight excluding hydrogens is 282 g/mol. The van der Waals surface area contributed by atoms with Crippen molar-refractivity contribution in [3.05, 3.63) is 29.8 Å². The molecule has 0 fully saturated rings. The van der Waals surface area contributed by atoms with Crippen molar-refractivity contribution in [3.8, 4) is 5.75 Å². The summed E-state index contributed by atoms with van der Waals surface area (Å²) in [6, 6.07) is 7.21. The van der Waals surface area contributed by atoms with Crippen molar-refractivity contribution >= 4 is 11.9 Å². The van der Waals surface area contributed by atoms with E-state index in [1.54, 1.807) is 12.1 Å². The third-order valence-corrected chi connectivity index (χ3v) is 3.28. The van der Waals surface area contributed by atoms with Gasteiger partial charge in [-0.2, -0.15) is 0 Å². The number of carboxylic acids is 1. The third-order valence-electron chi connectivity index (χ3n) is 3.28. The number of aliphatic carboxylic acids is 1. The molecule has 0 aliphatic rings. The van der Waals surface area contributed by atoms with Gasteiger partial charge in [0.1, 0.15) is 5.75 Å². The van der Waals surface area contributed by atoms with Crippen molar-refractivity contribution in [1.82, 2.24) is 5.32 Å². The highest BCUT2D eigenvalue weighted by Crippen LogP contribution is 2.17. The van der Waals surface area contributed by atoms with Crippen LogP contribution in [0, 0.1) is 0 Å². The smallest absolute Gasteiger partial charge is 0.303 e. The lowest BCUT2D eigenvalue weighted by molar-refractivity contribution is -0.137. The second-order valence-electron chi connectivity index (χ2n) is 5.10. The lowest BCUT2D eigenvalue weighted by Gasteiger charge is -2.10. The number of ether oxygens (including phenoxy) is 1. The molecule has 1 aromatic rings. The first-order chi connectivity index (χ1) is 10.6. The average Bonchev–Trinajstić information content (AvgIpc) is 2.50. The van der Waals surface area contributed by atoms with Crippen molar-refractivity contribution in [2.45, 2.75) is 45.4 Å². The van der Waals surface area contributed by atoms with Gasteiger partial charge in [-0.3, -0.25) is 9.59 Å². The molecule has 0 aliphatic heterocycles. The van der Waals surface area contributed by atoms with Gasteiger partial charge in [0.2, 0.25) is 0 Å². The van der Waals surface area contributed by atoms with E-state index in [0.29, 0.717) is 24.5 Å². The molecular formula is C17H25NO4. The molecule has 22 heavy (non-hydrogen) atoms. The first-order valence-electron chi connectivity index (χ1n) is 7.87. The van der Waals surface area contributed by atoms with Crippen LogP contribution in [0.25, 0.3) is 0 Å². The minimum atomic E-state index is -0.736. The Morgan fingerprint density at radius 3 is 2.50 bits per heavy atom. The highest BCUT2D eigenvalue weighted by atomic mass is 16.5. The van der Waals surface area contributed by atoms with Crippen LogP contribution in [0.5, 0.6) is 5.75 Å². The van der Waals surface area contributed by atoms with E-state index in [1.807, 2.05) is 19.1 Å². The SMILES string of the molecule is CCOc1ccccc1C(=O)NCCCCCCCC(=O)O. The van der Waals surface area contributed by atoms with Gasteiger partial charge in [0, 0.05) is 13.0 Å². The molecule has 0 atom stereocenters. The topological polar surface area (TPSA) is 75.6 Å². The van der Waals surface area contributed by atoms with Gasteiger partial charge < -0.3 is 15.2 Å². The summed E-state index contributed by atoms with van der Waals surface area (Å²) in [6.45, 7) is 3.04. The number of rotatable bonds is 11. The first kappa shape index (κ1) is 18.0. The molecule has 1 amide bonds. The molecule has 0 aliphatic carbocycles. The van der Waals surface area contributed by atoms with Crippen LogP contribution in [-0.2, 0) is 4.79 Å². The number of para-hydroxylation sites is 1. The predicted molar refractivity (Wildman–Crippen MR) is 85.3 cm³/mol. The summed E-state index contributed by atoms with van der Waals surface area (Å²) in [7, 11) is 0. The molecule has 0 bridgehead atoms. The monoisotopic (exact) mass is 307 g/mol. The largest absolute Gasteiger partial charge is 0.493 e. The molecule has 0 saturated carbocycles. The van der Waals surface area contributed by atoms with Crippen molar-refractivity contribution in [2.24, 2.45) is 0 Å². The summed E-state index contributed by atoms with van der Waals surface area (Å²) < 4.78 is 5.44. The van der Waals surface area contributed by atoms with E-state index in [2.05, 4.69) is 5.32 Å². The minimum Gasteiger partial charge on any atom is -0.493 e. The van der Waals surface area contributed by atoms with Gasteiger partial charge in [-0.15, -0.1) is 0 Å². The Morgan fingerprint density at radius 1 is 1.09 bits per heavy atom. The Labute approximate surface area is 131 Å². The zero-order valence-electron chi connectivity index (χ0n) is 13.1. The van der Waals surface area contributed by atoms with Crippen LogP contribution < -0.4 is 10.1 Å². The Hall–Kier alpha value is -2.04. The van der Waals surface area contributed by atoms with E-state index in [-0.39, 0.29) is 12.3 Å². The fourth-order valence-corrected chi connectivity index (χ4v) is 2.16. The molecule has 0 saturated heterocycles. The standard InChI is InChI=1S/C17H25NO4/c1-2-22-15-11-8-7-10-14(15)17(21)18-13-9-5-3-4-6-12-16(19)20/h7-8,10-11H,2-6,9,12-13H2,1H3,(H,18,21)(H,19,20). The van der Waals surface area contributed by atoms with Crippen LogP contribution >= 0.6 is 0 Å². The number of hydrogen-bond donors (Lipinski definition) is 2. The van der Waals surface area contributed by atoms with Crippen LogP contribution in [0.3, 0.4) is 0 Å². The quantitative estimate of drug-likeness (QED) is 0.615. The van der Waals surface area contributed by atoms with Crippen molar-refractivity contribution < 1.29 is 19.4 Å². The molecule has 2 N–H and O–H groups in total. The van der Waals surface area contributed by atoms with E-state index >= 15 is 0 Å². The fourth-order valence-electron chi connectivity index (χ4n) is 2.16. The van der Waals surface area contributed by atoms with Crippen molar-refractivity contribution in [3.63, 3.8) is 0 Å². The number of amides is 1. The van der Waals surface area contributed by atoms with Gasteiger partial charge in [-0.05, 0) is 31.9 Å². The highest BCUT2D eigenvalue weighted by molar-refractivity contribution is 5.96. The van der Waals surface area contributed by atoms with Gasteiger partial charge in [0.15, 0.2) is 0 Å². The Kier molecular flexibility index (Phi) is 8.72. The number of carbonyl (C=O) groups excluding carboxylic acids is 1. The van der Waals surface area contributed by atoms with E-state index in [1.165, 1.54) is 0 Å². The molecule has 0 aromatic heterocycles. The number of carboxylic acid groups (broad SMARTS) is 1. The van der Waals surface area contributed by atoms with E-state index in [4.69, 9.17) is 9.84 Å². The third kappa shape index (κ3) is 7.11. The lowest BCUT2D eigenvalue weighted by atomic mass is 10.1.